The third kappa shape index (κ3) is 7.22. The summed E-state index contributed by atoms with van der Waals surface area (Å²) in [6.45, 7) is 5.99. The molecule has 1 atom stereocenters. The van der Waals surface area contributed by atoms with Crippen molar-refractivity contribution < 1.29 is 19.5 Å². The molecule has 2 amide bonds. The number of aliphatic carboxylic acids is 1. The van der Waals surface area contributed by atoms with Crippen molar-refractivity contribution in [3.63, 3.8) is 0 Å². The van der Waals surface area contributed by atoms with Crippen LogP contribution in [0.1, 0.15) is 39.2 Å². The van der Waals surface area contributed by atoms with Crippen LogP contribution in [-0.4, -0.2) is 36.0 Å². The predicted molar refractivity (Wildman–Crippen MR) is 113 cm³/mol. The lowest BCUT2D eigenvalue weighted by Gasteiger charge is -2.17. The van der Waals surface area contributed by atoms with E-state index in [1.165, 1.54) is 0 Å². The minimum Gasteiger partial charge on any atom is -0.481 e. The number of carboxylic acids is 1. The Morgan fingerprint density at radius 3 is 2.34 bits per heavy atom. The molecule has 29 heavy (non-hydrogen) atoms. The number of fused-ring (bicyclic) bond motifs is 1. The van der Waals surface area contributed by atoms with Gasteiger partial charge in [0.05, 0.1) is 5.92 Å². The third-order valence-corrected chi connectivity index (χ3v) is 4.74. The summed E-state index contributed by atoms with van der Waals surface area (Å²) < 4.78 is 0. The molecule has 0 aromatic heterocycles. The van der Waals surface area contributed by atoms with Gasteiger partial charge in [0.2, 0.25) is 11.8 Å². The van der Waals surface area contributed by atoms with Crippen molar-refractivity contribution >= 4 is 28.6 Å². The Morgan fingerprint density at radius 1 is 1.00 bits per heavy atom. The van der Waals surface area contributed by atoms with Crippen molar-refractivity contribution in [3.05, 3.63) is 48.0 Å². The van der Waals surface area contributed by atoms with Crippen molar-refractivity contribution in [2.75, 3.05) is 13.1 Å². The SMILES string of the molecule is CC(C)(C)C(=O)NCCCC(=O)NCC(Cc1ccc2ccccc2c1)C(=O)O. The van der Waals surface area contributed by atoms with Gasteiger partial charge in [0.15, 0.2) is 0 Å². The standard InChI is InChI=1S/C23H30N2O4/c1-23(2,3)22(29)24-12-6-9-20(26)25-15-19(21(27)28)14-16-10-11-17-7-4-5-8-18(17)13-16/h4-5,7-8,10-11,13,19H,6,9,12,14-15H2,1-3H3,(H,24,29)(H,25,26)(H,27,28). The fourth-order valence-corrected chi connectivity index (χ4v) is 2.94. The smallest absolute Gasteiger partial charge is 0.308 e. The number of carbonyl (C=O) groups excluding carboxylic acids is 2. The first kappa shape index (κ1) is 22.4. The molecule has 0 saturated carbocycles. The summed E-state index contributed by atoms with van der Waals surface area (Å²) in [5.74, 6) is -1.89. The van der Waals surface area contributed by atoms with Crippen LogP contribution in [0.4, 0.5) is 0 Å². The Labute approximate surface area is 171 Å². The normalized spacial score (nSPS) is 12.4. The minimum atomic E-state index is -0.934. The Bertz CT molecular complexity index is 871. The van der Waals surface area contributed by atoms with Crippen LogP contribution in [0, 0.1) is 11.3 Å². The number of nitrogens with one attached hydrogen (secondary N) is 2. The molecule has 0 bridgehead atoms. The largest absolute Gasteiger partial charge is 0.481 e. The maximum Gasteiger partial charge on any atom is 0.308 e. The van der Waals surface area contributed by atoms with Crippen LogP contribution in [0.3, 0.4) is 0 Å². The predicted octanol–water partition coefficient (Wildman–Crippen LogP) is 3.14. The Kier molecular flexibility index (Phi) is 7.76. The lowest BCUT2D eigenvalue weighted by atomic mass is 9.96. The maximum atomic E-state index is 12.0. The highest BCUT2D eigenvalue weighted by Gasteiger charge is 2.21. The van der Waals surface area contributed by atoms with Crippen LogP contribution in [0.15, 0.2) is 42.5 Å². The van der Waals surface area contributed by atoms with Gasteiger partial charge in [-0.15, -0.1) is 0 Å². The van der Waals surface area contributed by atoms with E-state index in [-0.39, 0.29) is 24.8 Å². The molecule has 2 aromatic carbocycles. The first-order chi connectivity index (χ1) is 13.7. The summed E-state index contributed by atoms with van der Waals surface area (Å²) >= 11 is 0. The molecular formula is C23H30N2O4. The molecular weight excluding hydrogens is 368 g/mol. The summed E-state index contributed by atoms with van der Waals surface area (Å²) in [6, 6.07) is 13.8. The van der Waals surface area contributed by atoms with E-state index in [0.29, 0.717) is 19.4 Å². The van der Waals surface area contributed by atoms with Gasteiger partial charge in [0.1, 0.15) is 0 Å². The zero-order valence-corrected chi connectivity index (χ0v) is 17.3. The monoisotopic (exact) mass is 398 g/mol. The molecule has 1 unspecified atom stereocenters. The quantitative estimate of drug-likeness (QED) is 0.566. The molecule has 0 aliphatic carbocycles. The molecule has 0 heterocycles. The number of rotatable bonds is 9. The lowest BCUT2D eigenvalue weighted by molar-refractivity contribution is -0.141. The van der Waals surface area contributed by atoms with Crippen LogP contribution in [0.25, 0.3) is 10.8 Å². The summed E-state index contributed by atoms with van der Waals surface area (Å²) in [4.78, 5) is 35.4. The van der Waals surface area contributed by atoms with E-state index in [0.717, 1.165) is 16.3 Å². The van der Waals surface area contributed by atoms with Gasteiger partial charge in [-0.1, -0.05) is 63.2 Å². The number of hydrogen-bond donors (Lipinski definition) is 3. The van der Waals surface area contributed by atoms with Gasteiger partial charge in [-0.05, 0) is 29.2 Å². The number of carbonyl (C=O) groups is 3. The zero-order chi connectivity index (χ0) is 21.4. The fourth-order valence-electron chi connectivity index (χ4n) is 2.94. The van der Waals surface area contributed by atoms with Crippen LogP contribution in [0.5, 0.6) is 0 Å². The zero-order valence-electron chi connectivity index (χ0n) is 17.3. The molecule has 6 heteroatoms. The van der Waals surface area contributed by atoms with Crippen molar-refractivity contribution in [2.24, 2.45) is 11.3 Å². The fraction of sp³-hybridized carbons (Fsp3) is 0.435. The van der Waals surface area contributed by atoms with Gasteiger partial charge in [-0.25, -0.2) is 0 Å². The Morgan fingerprint density at radius 2 is 1.69 bits per heavy atom. The molecule has 0 aliphatic rings. The average molecular weight is 399 g/mol. The van der Waals surface area contributed by atoms with Gasteiger partial charge >= 0.3 is 5.97 Å². The maximum absolute atomic E-state index is 12.0. The van der Waals surface area contributed by atoms with Crippen LogP contribution in [-0.2, 0) is 20.8 Å². The topological polar surface area (TPSA) is 95.5 Å². The second-order valence-electron chi connectivity index (χ2n) is 8.33. The number of carboxylic acid groups (broad SMARTS) is 1. The molecule has 0 spiro atoms. The van der Waals surface area contributed by atoms with Gasteiger partial charge in [-0.3, -0.25) is 14.4 Å². The van der Waals surface area contributed by atoms with Crippen molar-refractivity contribution in [3.8, 4) is 0 Å². The van der Waals surface area contributed by atoms with E-state index >= 15 is 0 Å². The minimum absolute atomic E-state index is 0.0563. The molecule has 0 fully saturated rings. The van der Waals surface area contributed by atoms with Crippen LogP contribution < -0.4 is 10.6 Å². The van der Waals surface area contributed by atoms with Gasteiger partial charge < -0.3 is 15.7 Å². The summed E-state index contributed by atoms with van der Waals surface area (Å²) in [5, 5.41) is 17.2. The molecule has 2 aromatic rings. The molecule has 0 saturated heterocycles. The highest BCUT2D eigenvalue weighted by molar-refractivity contribution is 5.83. The van der Waals surface area contributed by atoms with Crippen LogP contribution >= 0.6 is 0 Å². The molecule has 0 radical (unpaired) electrons. The highest BCUT2D eigenvalue weighted by atomic mass is 16.4. The first-order valence-electron chi connectivity index (χ1n) is 9.92. The number of hydrogen-bond acceptors (Lipinski definition) is 3. The third-order valence-electron chi connectivity index (χ3n) is 4.74. The second kappa shape index (κ2) is 10.0. The van der Waals surface area contributed by atoms with E-state index < -0.39 is 17.3 Å². The lowest BCUT2D eigenvalue weighted by Crippen LogP contribution is -2.36. The van der Waals surface area contributed by atoms with Crippen LogP contribution in [0.2, 0.25) is 0 Å². The van der Waals surface area contributed by atoms with Crippen molar-refractivity contribution in [1.29, 1.82) is 0 Å². The van der Waals surface area contributed by atoms with Gasteiger partial charge in [0, 0.05) is 24.9 Å². The molecule has 2 rings (SSSR count). The summed E-state index contributed by atoms with van der Waals surface area (Å²) in [5.41, 5.74) is 0.468. The number of amides is 2. The molecule has 156 valence electrons. The van der Waals surface area contributed by atoms with Gasteiger partial charge in [-0.2, -0.15) is 0 Å². The second-order valence-corrected chi connectivity index (χ2v) is 8.33. The summed E-state index contributed by atoms with van der Waals surface area (Å²) in [6.07, 6.45) is 1.10. The Balaban J connectivity index is 1.80. The van der Waals surface area contributed by atoms with Crippen molar-refractivity contribution in [1.82, 2.24) is 10.6 Å². The highest BCUT2D eigenvalue weighted by Crippen LogP contribution is 2.18. The molecule has 6 nitrogen and oxygen atoms in total. The first-order valence-corrected chi connectivity index (χ1v) is 9.92. The Hall–Kier alpha value is -2.89. The number of benzene rings is 2. The molecule has 0 aliphatic heterocycles. The van der Waals surface area contributed by atoms with E-state index in [9.17, 15) is 19.5 Å². The average Bonchev–Trinajstić information content (AvgIpc) is 2.67. The van der Waals surface area contributed by atoms with E-state index in [1.807, 2.05) is 63.2 Å². The van der Waals surface area contributed by atoms with E-state index in [1.54, 1.807) is 0 Å². The summed E-state index contributed by atoms with van der Waals surface area (Å²) in [7, 11) is 0. The van der Waals surface area contributed by atoms with E-state index in [4.69, 9.17) is 0 Å². The van der Waals surface area contributed by atoms with E-state index in [2.05, 4.69) is 10.6 Å². The van der Waals surface area contributed by atoms with Crippen molar-refractivity contribution in [2.45, 2.75) is 40.0 Å². The van der Waals surface area contributed by atoms with Gasteiger partial charge in [0.25, 0.3) is 0 Å². The molecule has 3 N–H and O–H groups in total.